The van der Waals surface area contributed by atoms with E-state index in [9.17, 15) is 0 Å². The average Bonchev–Trinajstić information content (AvgIpc) is 2.69. The number of aryl methyl sites for hydroxylation is 1. The molecular weight excluding hydrogens is 212 g/mol. The molecule has 2 rings (SSSR count). The molecule has 1 N–H and O–H groups in total. The summed E-state index contributed by atoms with van der Waals surface area (Å²) in [5.41, 5.74) is 0. The highest BCUT2D eigenvalue weighted by molar-refractivity contribution is 4.85. The summed E-state index contributed by atoms with van der Waals surface area (Å²) in [5.74, 6) is 1.96. The van der Waals surface area contributed by atoms with Gasteiger partial charge in [-0.05, 0) is 32.1 Å². The van der Waals surface area contributed by atoms with Crippen molar-refractivity contribution in [3.63, 3.8) is 0 Å². The number of nitrogens with one attached hydrogen (secondary N) is 1. The largest absolute Gasteiger partial charge is 0.307 e. The van der Waals surface area contributed by atoms with Gasteiger partial charge in [-0.15, -0.1) is 0 Å². The van der Waals surface area contributed by atoms with Gasteiger partial charge >= 0.3 is 0 Å². The first kappa shape index (κ1) is 12.6. The van der Waals surface area contributed by atoms with Crippen molar-refractivity contribution in [2.75, 3.05) is 0 Å². The van der Waals surface area contributed by atoms with E-state index in [4.69, 9.17) is 0 Å². The second kappa shape index (κ2) is 6.15. The third-order valence-electron chi connectivity index (χ3n) is 3.80. The van der Waals surface area contributed by atoms with E-state index < -0.39 is 0 Å². The SMILES string of the molecule is CCn1ncnc1CNC1CCCC(C)CC1. The van der Waals surface area contributed by atoms with Crippen LogP contribution in [0.5, 0.6) is 0 Å². The van der Waals surface area contributed by atoms with Crippen LogP contribution in [0, 0.1) is 5.92 Å². The van der Waals surface area contributed by atoms with Crippen LogP contribution in [-0.2, 0) is 13.1 Å². The van der Waals surface area contributed by atoms with Gasteiger partial charge < -0.3 is 5.32 Å². The molecule has 0 bridgehead atoms. The molecule has 1 heterocycles. The maximum atomic E-state index is 4.30. The first-order valence-electron chi connectivity index (χ1n) is 6.89. The molecule has 4 heteroatoms. The van der Waals surface area contributed by atoms with Crippen LogP contribution in [0.1, 0.15) is 51.8 Å². The molecule has 0 amide bonds. The molecule has 1 saturated carbocycles. The molecule has 1 aliphatic carbocycles. The van der Waals surface area contributed by atoms with Crippen LogP contribution in [0.2, 0.25) is 0 Å². The second-order valence-electron chi connectivity index (χ2n) is 5.18. The normalized spacial score (nSPS) is 25.8. The van der Waals surface area contributed by atoms with Gasteiger partial charge in [0.2, 0.25) is 0 Å². The number of hydrogen-bond acceptors (Lipinski definition) is 3. The fourth-order valence-electron chi connectivity index (χ4n) is 2.62. The maximum Gasteiger partial charge on any atom is 0.140 e. The van der Waals surface area contributed by atoms with Crippen molar-refractivity contribution in [2.45, 2.75) is 65.1 Å². The summed E-state index contributed by atoms with van der Waals surface area (Å²) in [6, 6.07) is 0.668. The van der Waals surface area contributed by atoms with Crippen LogP contribution in [0.15, 0.2) is 6.33 Å². The zero-order valence-corrected chi connectivity index (χ0v) is 11.0. The molecule has 0 aromatic carbocycles. The van der Waals surface area contributed by atoms with E-state index in [0.717, 1.165) is 24.8 Å². The number of hydrogen-bond donors (Lipinski definition) is 1. The third kappa shape index (κ3) is 3.53. The summed E-state index contributed by atoms with van der Waals surface area (Å²) >= 11 is 0. The average molecular weight is 236 g/mol. The van der Waals surface area contributed by atoms with Gasteiger partial charge in [0, 0.05) is 12.6 Å². The predicted octanol–water partition coefficient (Wildman–Crippen LogP) is 2.36. The Morgan fingerprint density at radius 1 is 1.35 bits per heavy atom. The Morgan fingerprint density at radius 2 is 2.24 bits per heavy atom. The lowest BCUT2D eigenvalue weighted by molar-refractivity contribution is 0.434. The summed E-state index contributed by atoms with van der Waals surface area (Å²) in [6.07, 6.45) is 8.38. The fraction of sp³-hybridized carbons (Fsp3) is 0.846. The molecule has 1 aliphatic rings. The quantitative estimate of drug-likeness (QED) is 0.816. The monoisotopic (exact) mass is 236 g/mol. The van der Waals surface area contributed by atoms with Crippen LogP contribution in [-0.4, -0.2) is 20.8 Å². The molecule has 2 atom stereocenters. The molecule has 1 fully saturated rings. The van der Waals surface area contributed by atoms with E-state index in [0.29, 0.717) is 6.04 Å². The Hall–Kier alpha value is -0.900. The van der Waals surface area contributed by atoms with Crippen molar-refractivity contribution < 1.29 is 0 Å². The molecule has 17 heavy (non-hydrogen) atoms. The fourth-order valence-corrected chi connectivity index (χ4v) is 2.62. The molecule has 0 spiro atoms. The van der Waals surface area contributed by atoms with Gasteiger partial charge in [-0.1, -0.05) is 19.8 Å². The Bertz CT molecular complexity index is 334. The van der Waals surface area contributed by atoms with Gasteiger partial charge in [0.15, 0.2) is 0 Å². The first-order valence-corrected chi connectivity index (χ1v) is 6.89. The first-order chi connectivity index (χ1) is 8.29. The Balaban J connectivity index is 1.81. The highest BCUT2D eigenvalue weighted by Crippen LogP contribution is 2.22. The lowest BCUT2D eigenvalue weighted by Crippen LogP contribution is -2.29. The second-order valence-corrected chi connectivity index (χ2v) is 5.18. The van der Waals surface area contributed by atoms with Crippen LogP contribution in [0.4, 0.5) is 0 Å². The van der Waals surface area contributed by atoms with Gasteiger partial charge in [-0.2, -0.15) is 5.10 Å². The number of rotatable bonds is 4. The van der Waals surface area contributed by atoms with Gasteiger partial charge in [0.05, 0.1) is 6.54 Å². The van der Waals surface area contributed by atoms with Crippen LogP contribution >= 0.6 is 0 Å². The van der Waals surface area contributed by atoms with Crippen LogP contribution < -0.4 is 5.32 Å². The van der Waals surface area contributed by atoms with Crippen molar-refractivity contribution >= 4 is 0 Å². The summed E-state index contributed by atoms with van der Waals surface area (Å²) in [4.78, 5) is 4.30. The molecule has 4 nitrogen and oxygen atoms in total. The van der Waals surface area contributed by atoms with Gasteiger partial charge in [0.1, 0.15) is 12.2 Å². The molecule has 2 unspecified atom stereocenters. The van der Waals surface area contributed by atoms with E-state index >= 15 is 0 Å². The topological polar surface area (TPSA) is 42.7 Å². The molecule has 0 aliphatic heterocycles. The van der Waals surface area contributed by atoms with Crippen molar-refractivity contribution in [1.29, 1.82) is 0 Å². The minimum absolute atomic E-state index is 0.668. The number of aromatic nitrogens is 3. The summed E-state index contributed by atoms with van der Waals surface area (Å²) in [5, 5.41) is 7.83. The third-order valence-corrected chi connectivity index (χ3v) is 3.80. The summed E-state index contributed by atoms with van der Waals surface area (Å²) in [6.45, 7) is 6.23. The van der Waals surface area contributed by atoms with Crippen molar-refractivity contribution in [3.8, 4) is 0 Å². The highest BCUT2D eigenvalue weighted by atomic mass is 15.3. The van der Waals surface area contributed by atoms with E-state index in [1.165, 1.54) is 32.1 Å². The van der Waals surface area contributed by atoms with Gasteiger partial charge in [-0.3, -0.25) is 0 Å². The molecular formula is C13H24N4. The summed E-state index contributed by atoms with van der Waals surface area (Å²) < 4.78 is 1.96. The van der Waals surface area contributed by atoms with Crippen molar-refractivity contribution in [2.24, 2.45) is 5.92 Å². The molecule has 96 valence electrons. The minimum Gasteiger partial charge on any atom is -0.307 e. The Morgan fingerprint density at radius 3 is 3.06 bits per heavy atom. The van der Waals surface area contributed by atoms with Crippen LogP contribution in [0.3, 0.4) is 0 Å². The van der Waals surface area contributed by atoms with Gasteiger partial charge in [-0.25, -0.2) is 9.67 Å². The Kier molecular flexibility index (Phi) is 4.54. The standard InChI is InChI=1S/C13H24N4/c1-3-17-13(15-10-16-17)9-14-12-6-4-5-11(2)7-8-12/h10-12,14H,3-9H2,1-2H3. The molecule has 1 aromatic heterocycles. The smallest absolute Gasteiger partial charge is 0.140 e. The predicted molar refractivity (Wildman–Crippen MR) is 68.6 cm³/mol. The zero-order valence-electron chi connectivity index (χ0n) is 11.0. The van der Waals surface area contributed by atoms with Crippen LogP contribution in [0.25, 0.3) is 0 Å². The van der Waals surface area contributed by atoms with E-state index in [1.54, 1.807) is 6.33 Å². The van der Waals surface area contributed by atoms with E-state index in [1.807, 2.05) is 4.68 Å². The minimum atomic E-state index is 0.668. The van der Waals surface area contributed by atoms with Gasteiger partial charge in [0.25, 0.3) is 0 Å². The lowest BCUT2D eigenvalue weighted by Gasteiger charge is -2.16. The summed E-state index contributed by atoms with van der Waals surface area (Å²) in [7, 11) is 0. The molecule has 0 saturated heterocycles. The van der Waals surface area contributed by atoms with Crippen molar-refractivity contribution in [1.82, 2.24) is 20.1 Å². The van der Waals surface area contributed by atoms with E-state index in [-0.39, 0.29) is 0 Å². The lowest BCUT2D eigenvalue weighted by atomic mass is 10.0. The zero-order chi connectivity index (χ0) is 12.1. The Labute approximate surface area is 104 Å². The molecule has 1 aromatic rings. The maximum absolute atomic E-state index is 4.30. The molecule has 0 radical (unpaired) electrons. The number of nitrogens with zero attached hydrogens (tertiary/aromatic N) is 3. The highest BCUT2D eigenvalue weighted by Gasteiger charge is 2.16. The van der Waals surface area contributed by atoms with Crippen molar-refractivity contribution in [3.05, 3.63) is 12.2 Å². The van der Waals surface area contributed by atoms with E-state index in [2.05, 4.69) is 29.2 Å².